The second-order valence-corrected chi connectivity index (χ2v) is 7.11. The third-order valence-electron chi connectivity index (χ3n) is 4.21. The Labute approximate surface area is 175 Å². The summed E-state index contributed by atoms with van der Waals surface area (Å²) < 4.78 is 20.9. The van der Waals surface area contributed by atoms with Crippen molar-refractivity contribution in [3.8, 4) is 22.0 Å². The smallest absolute Gasteiger partial charge is 0.275 e. The first kappa shape index (κ1) is 19.6. The number of carbonyl (C=O) groups excluding carboxylic acids is 1. The van der Waals surface area contributed by atoms with E-state index in [1.807, 2.05) is 31.2 Å². The Morgan fingerprint density at radius 2 is 2.03 bits per heavy atom. The predicted octanol–water partition coefficient (Wildman–Crippen LogP) is 3.88. The summed E-state index contributed by atoms with van der Waals surface area (Å²) in [5, 5.41) is 16.2. The molecule has 4 rings (SSSR count). The van der Waals surface area contributed by atoms with Gasteiger partial charge in [-0.2, -0.15) is 4.68 Å². The predicted molar refractivity (Wildman–Crippen MR) is 111 cm³/mol. The molecule has 0 aliphatic heterocycles. The van der Waals surface area contributed by atoms with Crippen molar-refractivity contribution in [3.05, 3.63) is 65.2 Å². The standard InChI is InChI=1S/C20H17FN6O2S/c1-3-29-15-7-4-13(5-8-15)20-23-17(11-30-20)19(28)22-14-6-9-16(21)18(10-14)27-12(2)24-25-26-27/h4-11H,3H2,1-2H3,(H,22,28). The first-order chi connectivity index (χ1) is 14.5. The zero-order valence-electron chi connectivity index (χ0n) is 16.2. The topological polar surface area (TPSA) is 94.8 Å². The van der Waals surface area contributed by atoms with E-state index in [1.165, 1.54) is 34.2 Å². The molecule has 1 amide bonds. The van der Waals surface area contributed by atoms with E-state index >= 15 is 0 Å². The number of carbonyl (C=O) groups is 1. The first-order valence-corrected chi connectivity index (χ1v) is 9.98. The third-order valence-corrected chi connectivity index (χ3v) is 5.10. The number of aryl methyl sites for hydroxylation is 1. The normalized spacial score (nSPS) is 10.8. The number of nitrogens with zero attached hydrogens (tertiary/aromatic N) is 5. The van der Waals surface area contributed by atoms with Gasteiger partial charge in [-0.1, -0.05) is 0 Å². The number of halogens is 1. The van der Waals surface area contributed by atoms with Crippen LogP contribution in [-0.2, 0) is 0 Å². The summed E-state index contributed by atoms with van der Waals surface area (Å²) in [5.41, 5.74) is 1.71. The van der Waals surface area contributed by atoms with Crippen LogP contribution in [0, 0.1) is 12.7 Å². The van der Waals surface area contributed by atoms with E-state index in [2.05, 4.69) is 25.8 Å². The van der Waals surface area contributed by atoms with Crippen molar-refractivity contribution < 1.29 is 13.9 Å². The van der Waals surface area contributed by atoms with Crippen molar-refractivity contribution in [1.82, 2.24) is 25.2 Å². The zero-order chi connectivity index (χ0) is 21.1. The molecule has 0 fully saturated rings. The lowest BCUT2D eigenvalue weighted by atomic mass is 10.2. The molecule has 0 saturated carbocycles. The number of anilines is 1. The summed E-state index contributed by atoms with van der Waals surface area (Å²) in [6, 6.07) is 11.7. The summed E-state index contributed by atoms with van der Waals surface area (Å²) in [6.45, 7) is 4.18. The lowest BCUT2D eigenvalue weighted by molar-refractivity contribution is 0.102. The molecule has 2 aromatic carbocycles. The maximum Gasteiger partial charge on any atom is 0.275 e. The fourth-order valence-electron chi connectivity index (χ4n) is 2.77. The molecule has 4 aromatic rings. The van der Waals surface area contributed by atoms with Gasteiger partial charge in [-0.25, -0.2) is 9.37 Å². The van der Waals surface area contributed by atoms with Gasteiger partial charge in [-0.3, -0.25) is 4.79 Å². The molecule has 0 radical (unpaired) electrons. The SMILES string of the molecule is CCOc1ccc(-c2nc(C(=O)Nc3ccc(F)c(-n4nnnc4C)c3)cs2)cc1. The van der Waals surface area contributed by atoms with Crippen molar-refractivity contribution in [1.29, 1.82) is 0 Å². The molecule has 8 nitrogen and oxygen atoms in total. The van der Waals surface area contributed by atoms with Crippen molar-refractivity contribution in [2.24, 2.45) is 0 Å². The molecule has 1 N–H and O–H groups in total. The van der Waals surface area contributed by atoms with Gasteiger partial charge in [0.25, 0.3) is 5.91 Å². The second kappa shape index (κ2) is 8.37. The highest BCUT2D eigenvalue weighted by Gasteiger charge is 2.15. The highest BCUT2D eigenvalue weighted by atomic mass is 32.1. The van der Waals surface area contributed by atoms with Crippen LogP contribution in [0.2, 0.25) is 0 Å². The number of tetrazole rings is 1. The van der Waals surface area contributed by atoms with E-state index < -0.39 is 11.7 Å². The highest BCUT2D eigenvalue weighted by Crippen LogP contribution is 2.26. The summed E-state index contributed by atoms with van der Waals surface area (Å²) in [5.74, 6) is 0.307. The van der Waals surface area contributed by atoms with Crippen LogP contribution in [-0.4, -0.2) is 37.7 Å². The van der Waals surface area contributed by atoms with Crippen LogP contribution >= 0.6 is 11.3 Å². The van der Waals surface area contributed by atoms with E-state index in [1.54, 1.807) is 12.3 Å². The third kappa shape index (κ3) is 4.03. The summed E-state index contributed by atoms with van der Waals surface area (Å²) in [7, 11) is 0. The number of aromatic nitrogens is 5. The molecule has 10 heteroatoms. The fourth-order valence-corrected chi connectivity index (χ4v) is 3.58. The number of hydrogen-bond acceptors (Lipinski definition) is 7. The van der Waals surface area contributed by atoms with Crippen LogP contribution < -0.4 is 10.1 Å². The van der Waals surface area contributed by atoms with E-state index in [0.29, 0.717) is 23.1 Å². The molecular formula is C20H17FN6O2S. The van der Waals surface area contributed by atoms with Gasteiger partial charge < -0.3 is 10.1 Å². The molecule has 0 saturated heterocycles. The lowest BCUT2D eigenvalue weighted by Gasteiger charge is -2.08. The summed E-state index contributed by atoms with van der Waals surface area (Å²) >= 11 is 1.36. The number of nitrogens with one attached hydrogen (secondary N) is 1. The Morgan fingerprint density at radius 3 is 2.73 bits per heavy atom. The zero-order valence-corrected chi connectivity index (χ0v) is 17.0. The monoisotopic (exact) mass is 424 g/mol. The summed E-state index contributed by atoms with van der Waals surface area (Å²) in [4.78, 5) is 17.0. The molecule has 152 valence electrons. The van der Waals surface area contributed by atoms with Crippen molar-refractivity contribution in [2.75, 3.05) is 11.9 Å². The van der Waals surface area contributed by atoms with Gasteiger partial charge in [0.15, 0.2) is 5.82 Å². The highest BCUT2D eigenvalue weighted by molar-refractivity contribution is 7.13. The Kier molecular flexibility index (Phi) is 5.48. The van der Waals surface area contributed by atoms with Crippen LogP contribution in [0.4, 0.5) is 10.1 Å². The lowest BCUT2D eigenvalue weighted by Crippen LogP contribution is -2.13. The molecule has 30 heavy (non-hydrogen) atoms. The van der Waals surface area contributed by atoms with E-state index in [4.69, 9.17) is 4.74 Å². The number of thiazole rings is 1. The number of hydrogen-bond donors (Lipinski definition) is 1. The van der Waals surface area contributed by atoms with Gasteiger partial charge >= 0.3 is 0 Å². The summed E-state index contributed by atoms with van der Waals surface area (Å²) in [6.07, 6.45) is 0. The average Bonchev–Trinajstić information content (AvgIpc) is 3.40. The van der Waals surface area contributed by atoms with Crippen LogP contribution in [0.15, 0.2) is 47.8 Å². The van der Waals surface area contributed by atoms with E-state index in [-0.39, 0.29) is 11.4 Å². The number of benzene rings is 2. The number of amides is 1. The average molecular weight is 424 g/mol. The molecule has 0 spiro atoms. The van der Waals surface area contributed by atoms with Gasteiger partial charge in [0, 0.05) is 16.6 Å². The molecule has 2 aromatic heterocycles. The van der Waals surface area contributed by atoms with Crippen LogP contribution in [0.25, 0.3) is 16.3 Å². The van der Waals surface area contributed by atoms with E-state index in [9.17, 15) is 9.18 Å². The Balaban J connectivity index is 1.52. The maximum atomic E-state index is 14.2. The molecule has 0 aliphatic rings. The van der Waals surface area contributed by atoms with Crippen molar-refractivity contribution in [3.63, 3.8) is 0 Å². The minimum absolute atomic E-state index is 0.142. The molecule has 0 unspecified atom stereocenters. The number of ether oxygens (including phenoxy) is 1. The van der Waals surface area contributed by atoms with Gasteiger partial charge in [-0.15, -0.1) is 16.4 Å². The largest absolute Gasteiger partial charge is 0.494 e. The second-order valence-electron chi connectivity index (χ2n) is 6.25. The Hall–Kier alpha value is -3.66. The van der Waals surface area contributed by atoms with Crippen LogP contribution in [0.1, 0.15) is 23.2 Å². The molecule has 0 atom stereocenters. The number of rotatable bonds is 6. The van der Waals surface area contributed by atoms with Gasteiger partial charge in [0.05, 0.1) is 6.61 Å². The quantitative estimate of drug-likeness (QED) is 0.505. The Morgan fingerprint density at radius 1 is 1.23 bits per heavy atom. The Bertz CT molecular complexity index is 1190. The molecule has 2 heterocycles. The van der Waals surface area contributed by atoms with Crippen molar-refractivity contribution in [2.45, 2.75) is 13.8 Å². The van der Waals surface area contributed by atoms with Gasteiger partial charge in [-0.05, 0) is 66.7 Å². The van der Waals surface area contributed by atoms with E-state index in [0.717, 1.165) is 11.3 Å². The van der Waals surface area contributed by atoms with Crippen LogP contribution in [0.3, 0.4) is 0 Å². The maximum absolute atomic E-state index is 14.2. The molecular weight excluding hydrogens is 407 g/mol. The first-order valence-electron chi connectivity index (χ1n) is 9.10. The van der Waals surface area contributed by atoms with Gasteiger partial charge in [0.1, 0.15) is 28.0 Å². The van der Waals surface area contributed by atoms with Gasteiger partial charge in [0.2, 0.25) is 0 Å². The minimum atomic E-state index is -0.505. The molecule has 0 aliphatic carbocycles. The fraction of sp³-hybridized carbons (Fsp3) is 0.150. The minimum Gasteiger partial charge on any atom is -0.494 e. The van der Waals surface area contributed by atoms with Crippen molar-refractivity contribution >= 4 is 22.9 Å². The molecule has 0 bridgehead atoms. The van der Waals surface area contributed by atoms with Crippen LogP contribution in [0.5, 0.6) is 5.75 Å².